The average Bonchev–Trinajstić information content (AvgIpc) is 2.27. The Bertz CT molecular complexity index is 337. The third-order valence-electron chi connectivity index (χ3n) is 2.51. The van der Waals surface area contributed by atoms with Crippen LogP contribution in [0.5, 0.6) is 0 Å². The number of rotatable bonds is 3. The standard InChI is InChI=1S/C12H18N2O.ClH/c1-4-11(13)12(15)14(3)10-7-5-9(2)6-8-10;/h5-8,11H,4,13H2,1-3H3;1H/t11-;/m0./s1. The highest BCUT2D eigenvalue weighted by Crippen LogP contribution is 2.14. The van der Waals surface area contributed by atoms with Crippen LogP contribution in [0.4, 0.5) is 5.69 Å². The van der Waals surface area contributed by atoms with Gasteiger partial charge in [-0.15, -0.1) is 12.4 Å². The Morgan fingerprint density at radius 1 is 1.38 bits per heavy atom. The number of benzene rings is 1. The number of amides is 1. The van der Waals surface area contributed by atoms with Gasteiger partial charge in [-0.2, -0.15) is 0 Å². The number of nitrogens with two attached hydrogens (primary N) is 1. The summed E-state index contributed by atoms with van der Waals surface area (Å²) in [6, 6.07) is 7.41. The highest BCUT2D eigenvalue weighted by atomic mass is 35.5. The quantitative estimate of drug-likeness (QED) is 0.883. The van der Waals surface area contributed by atoms with E-state index in [1.54, 1.807) is 11.9 Å². The average molecular weight is 243 g/mol. The molecule has 0 aliphatic carbocycles. The smallest absolute Gasteiger partial charge is 0.243 e. The minimum atomic E-state index is -0.406. The number of anilines is 1. The van der Waals surface area contributed by atoms with Gasteiger partial charge in [0.2, 0.25) is 5.91 Å². The van der Waals surface area contributed by atoms with Gasteiger partial charge in [0.05, 0.1) is 6.04 Å². The van der Waals surface area contributed by atoms with Crippen molar-refractivity contribution in [3.05, 3.63) is 29.8 Å². The third-order valence-corrected chi connectivity index (χ3v) is 2.51. The van der Waals surface area contributed by atoms with Crippen molar-refractivity contribution in [1.29, 1.82) is 0 Å². The number of halogens is 1. The Hall–Kier alpha value is -1.06. The zero-order valence-corrected chi connectivity index (χ0v) is 10.8. The van der Waals surface area contributed by atoms with Gasteiger partial charge in [-0.05, 0) is 25.5 Å². The van der Waals surface area contributed by atoms with Crippen LogP contribution in [0.2, 0.25) is 0 Å². The fraction of sp³-hybridized carbons (Fsp3) is 0.417. The van der Waals surface area contributed by atoms with Crippen LogP contribution in [0, 0.1) is 6.92 Å². The van der Waals surface area contributed by atoms with E-state index in [1.165, 1.54) is 5.56 Å². The maximum Gasteiger partial charge on any atom is 0.243 e. The van der Waals surface area contributed by atoms with Crippen molar-refractivity contribution in [3.8, 4) is 0 Å². The van der Waals surface area contributed by atoms with Crippen molar-refractivity contribution in [1.82, 2.24) is 0 Å². The molecule has 3 nitrogen and oxygen atoms in total. The SMILES string of the molecule is CC[C@H](N)C(=O)N(C)c1ccc(C)cc1.Cl. The lowest BCUT2D eigenvalue weighted by Crippen LogP contribution is -2.41. The molecule has 0 spiro atoms. The second-order valence-corrected chi connectivity index (χ2v) is 3.75. The molecule has 1 amide bonds. The Labute approximate surface area is 103 Å². The number of likely N-dealkylation sites (N-methyl/N-ethyl adjacent to an activating group) is 1. The molecule has 0 aliphatic heterocycles. The van der Waals surface area contributed by atoms with Gasteiger partial charge in [-0.25, -0.2) is 0 Å². The molecule has 0 aliphatic rings. The molecule has 90 valence electrons. The Kier molecular flexibility index (Phi) is 6.08. The summed E-state index contributed by atoms with van der Waals surface area (Å²) in [5.74, 6) is -0.0404. The molecule has 1 atom stereocenters. The van der Waals surface area contributed by atoms with E-state index in [2.05, 4.69) is 0 Å². The fourth-order valence-electron chi connectivity index (χ4n) is 1.32. The van der Waals surface area contributed by atoms with Crippen molar-refractivity contribution in [2.75, 3.05) is 11.9 Å². The number of hydrogen-bond acceptors (Lipinski definition) is 2. The summed E-state index contributed by atoms with van der Waals surface area (Å²) in [6.45, 7) is 3.93. The van der Waals surface area contributed by atoms with Crippen LogP contribution in [-0.2, 0) is 4.79 Å². The molecule has 4 heteroatoms. The second kappa shape index (κ2) is 6.51. The van der Waals surface area contributed by atoms with Gasteiger partial charge in [0.15, 0.2) is 0 Å². The number of nitrogens with zero attached hydrogens (tertiary/aromatic N) is 1. The van der Waals surface area contributed by atoms with E-state index in [4.69, 9.17) is 5.73 Å². The monoisotopic (exact) mass is 242 g/mol. The lowest BCUT2D eigenvalue weighted by molar-refractivity contribution is -0.119. The van der Waals surface area contributed by atoms with Gasteiger partial charge in [-0.1, -0.05) is 24.6 Å². The van der Waals surface area contributed by atoms with Crippen LogP contribution >= 0.6 is 12.4 Å². The molecule has 0 aromatic heterocycles. The number of carbonyl (C=O) groups excluding carboxylic acids is 1. The normalized spacial score (nSPS) is 11.5. The van der Waals surface area contributed by atoms with E-state index < -0.39 is 6.04 Å². The van der Waals surface area contributed by atoms with Crippen molar-refractivity contribution in [3.63, 3.8) is 0 Å². The minimum Gasteiger partial charge on any atom is -0.320 e. The van der Waals surface area contributed by atoms with Gasteiger partial charge in [-0.3, -0.25) is 4.79 Å². The lowest BCUT2D eigenvalue weighted by atomic mass is 10.2. The molecule has 1 aromatic carbocycles. The van der Waals surface area contributed by atoms with E-state index in [-0.39, 0.29) is 18.3 Å². The fourth-order valence-corrected chi connectivity index (χ4v) is 1.32. The van der Waals surface area contributed by atoms with Gasteiger partial charge < -0.3 is 10.6 Å². The second-order valence-electron chi connectivity index (χ2n) is 3.75. The molecule has 16 heavy (non-hydrogen) atoms. The van der Waals surface area contributed by atoms with Crippen LogP contribution in [-0.4, -0.2) is 19.0 Å². The summed E-state index contributed by atoms with van der Waals surface area (Å²) >= 11 is 0. The molecule has 2 N–H and O–H groups in total. The van der Waals surface area contributed by atoms with Gasteiger partial charge in [0.25, 0.3) is 0 Å². The first-order valence-electron chi connectivity index (χ1n) is 5.16. The first-order valence-corrected chi connectivity index (χ1v) is 5.16. The molecule has 0 bridgehead atoms. The Balaban J connectivity index is 0.00000225. The van der Waals surface area contributed by atoms with Crippen LogP contribution in [0.15, 0.2) is 24.3 Å². The first kappa shape index (κ1) is 14.9. The summed E-state index contributed by atoms with van der Waals surface area (Å²) in [7, 11) is 1.75. The molecule has 0 unspecified atom stereocenters. The molecule has 0 heterocycles. The molecule has 0 saturated carbocycles. The lowest BCUT2D eigenvalue weighted by Gasteiger charge is -2.20. The van der Waals surface area contributed by atoms with Crippen LogP contribution in [0.3, 0.4) is 0 Å². The largest absolute Gasteiger partial charge is 0.320 e. The molecular weight excluding hydrogens is 224 g/mol. The van der Waals surface area contributed by atoms with E-state index in [0.29, 0.717) is 6.42 Å². The predicted octanol–water partition coefficient (Wildman–Crippen LogP) is 2.12. The summed E-state index contributed by atoms with van der Waals surface area (Å²) in [5, 5.41) is 0. The molecule has 0 fully saturated rings. The number of carbonyl (C=O) groups is 1. The van der Waals surface area contributed by atoms with Crippen molar-refractivity contribution < 1.29 is 4.79 Å². The van der Waals surface area contributed by atoms with Crippen LogP contribution in [0.1, 0.15) is 18.9 Å². The minimum absolute atomic E-state index is 0. The van der Waals surface area contributed by atoms with Gasteiger partial charge in [0.1, 0.15) is 0 Å². The van der Waals surface area contributed by atoms with E-state index in [1.807, 2.05) is 38.1 Å². The summed E-state index contributed by atoms with van der Waals surface area (Å²) in [6.07, 6.45) is 0.662. The summed E-state index contributed by atoms with van der Waals surface area (Å²) in [5.41, 5.74) is 7.76. The Morgan fingerprint density at radius 3 is 2.31 bits per heavy atom. The highest BCUT2D eigenvalue weighted by molar-refractivity contribution is 5.96. The molecule has 0 saturated heterocycles. The van der Waals surface area contributed by atoms with Crippen molar-refractivity contribution in [2.45, 2.75) is 26.3 Å². The predicted molar refractivity (Wildman–Crippen MR) is 70.1 cm³/mol. The third kappa shape index (κ3) is 3.51. The number of hydrogen-bond donors (Lipinski definition) is 1. The maximum absolute atomic E-state index is 11.8. The Morgan fingerprint density at radius 2 is 1.88 bits per heavy atom. The molecule has 1 rings (SSSR count). The van der Waals surface area contributed by atoms with Crippen LogP contribution < -0.4 is 10.6 Å². The maximum atomic E-state index is 11.8. The van der Waals surface area contributed by atoms with Gasteiger partial charge in [0, 0.05) is 12.7 Å². The van der Waals surface area contributed by atoms with Crippen molar-refractivity contribution in [2.24, 2.45) is 5.73 Å². The summed E-state index contributed by atoms with van der Waals surface area (Å²) in [4.78, 5) is 13.4. The molecule has 1 aromatic rings. The van der Waals surface area contributed by atoms with E-state index in [9.17, 15) is 4.79 Å². The topological polar surface area (TPSA) is 46.3 Å². The van der Waals surface area contributed by atoms with Gasteiger partial charge >= 0.3 is 0 Å². The van der Waals surface area contributed by atoms with Crippen molar-refractivity contribution >= 4 is 24.0 Å². The molecular formula is C12H19ClN2O. The molecule has 0 radical (unpaired) electrons. The number of aryl methyl sites for hydroxylation is 1. The summed E-state index contributed by atoms with van der Waals surface area (Å²) < 4.78 is 0. The highest BCUT2D eigenvalue weighted by Gasteiger charge is 2.16. The first-order chi connectivity index (χ1) is 7.06. The van der Waals surface area contributed by atoms with E-state index >= 15 is 0 Å². The zero-order valence-electron chi connectivity index (χ0n) is 9.93. The van der Waals surface area contributed by atoms with E-state index in [0.717, 1.165) is 5.69 Å². The van der Waals surface area contributed by atoms with Crippen LogP contribution in [0.25, 0.3) is 0 Å². The zero-order chi connectivity index (χ0) is 11.4.